The number of rotatable bonds is 0. The van der Waals surface area contributed by atoms with Crippen molar-refractivity contribution in [2.24, 2.45) is 5.92 Å². The molecule has 0 spiro atoms. The molecule has 0 bridgehead atoms. The number of carbonyl (C=O) groups excluding carboxylic acids is 1. The zero-order valence-electron chi connectivity index (χ0n) is 7.69. The van der Waals surface area contributed by atoms with Crippen LogP contribution in [0.1, 0.15) is 26.2 Å². The molecule has 0 amide bonds. The summed E-state index contributed by atoms with van der Waals surface area (Å²) in [5, 5.41) is 9.41. The Morgan fingerprint density at radius 2 is 2.31 bits per heavy atom. The summed E-state index contributed by atoms with van der Waals surface area (Å²) in [4.78, 5) is 11.1. The lowest BCUT2D eigenvalue weighted by atomic mass is 9.79. The average Bonchev–Trinajstić information content (AvgIpc) is 2.02. The standard InChI is InChI=1S/C10H14O3/c1-6-4-10(12)13-9-5-7(11)2-3-8(6)9/h4,7-9,11H,2-3,5H2,1H3. The highest BCUT2D eigenvalue weighted by Crippen LogP contribution is 2.34. The van der Waals surface area contributed by atoms with Crippen LogP contribution in [-0.2, 0) is 9.53 Å². The lowest BCUT2D eigenvalue weighted by Gasteiger charge is -2.36. The Hall–Kier alpha value is -0.830. The summed E-state index contributed by atoms with van der Waals surface area (Å²) in [6.45, 7) is 1.97. The molecule has 1 fully saturated rings. The highest BCUT2D eigenvalue weighted by atomic mass is 16.5. The molecule has 1 aliphatic heterocycles. The Bertz CT molecular complexity index is 257. The number of fused-ring (bicyclic) bond motifs is 1. The lowest BCUT2D eigenvalue weighted by molar-refractivity contribution is -0.151. The number of ether oxygens (including phenoxy) is 1. The van der Waals surface area contributed by atoms with Crippen LogP contribution in [0.25, 0.3) is 0 Å². The predicted molar refractivity (Wildman–Crippen MR) is 47.0 cm³/mol. The van der Waals surface area contributed by atoms with Crippen molar-refractivity contribution < 1.29 is 14.6 Å². The molecule has 3 atom stereocenters. The summed E-state index contributed by atoms with van der Waals surface area (Å²) < 4.78 is 5.16. The first-order valence-electron chi connectivity index (χ1n) is 4.73. The second-order valence-corrected chi connectivity index (χ2v) is 3.94. The van der Waals surface area contributed by atoms with E-state index in [1.54, 1.807) is 6.08 Å². The quantitative estimate of drug-likeness (QED) is 0.569. The molecule has 1 saturated carbocycles. The van der Waals surface area contributed by atoms with Crippen molar-refractivity contribution in [1.82, 2.24) is 0 Å². The van der Waals surface area contributed by atoms with Crippen LogP contribution in [0.3, 0.4) is 0 Å². The molecule has 1 heterocycles. The third kappa shape index (κ3) is 1.61. The molecule has 0 radical (unpaired) electrons. The zero-order chi connectivity index (χ0) is 9.42. The third-order valence-electron chi connectivity index (χ3n) is 2.96. The maximum Gasteiger partial charge on any atom is 0.330 e. The molecule has 1 N–H and O–H groups in total. The van der Waals surface area contributed by atoms with E-state index in [-0.39, 0.29) is 18.2 Å². The topological polar surface area (TPSA) is 46.5 Å². The van der Waals surface area contributed by atoms with Gasteiger partial charge in [-0.1, -0.05) is 5.57 Å². The van der Waals surface area contributed by atoms with Crippen LogP contribution in [0.5, 0.6) is 0 Å². The van der Waals surface area contributed by atoms with E-state index in [9.17, 15) is 9.90 Å². The number of hydrogen-bond donors (Lipinski definition) is 1. The van der Waals surface area contributed by atoms with Crippen molar-refractivity contribution in [3.8, 4) is 0 Å². The lowest BCUT2D eigenvalue weighted by Crippen LogP contribution is -2.38. The molecule has 13 heavy (non-hydrogen) atoms. The van der Waals surface area contributed by atoms with Gasteiger partial charge in [0.2, 0.25) is 0 Å². The van der Waals surface area contributed by atoms with Crippen molar-refractivity contribution >= 4 is 5.97 Å². The molecule has 2 rings (SSSR count). The van der Waals surface area contributed by atoms with Gasteiger partial charge in [0.1, 0.15) is 6.10 Å². The number of esters is 1. The van der Waals surface area contributed by atoms with Gasteiger partial charge in [0.15, 0.2) is 0 Å². The highest BCUT2D eigenvalue weighted by Gasteiger charge is 2.35. The largest absolute Gasteiger partial charge is 0.458 e. The van der Waals surface area contributed by atoms with Gasteiger partial charge in [0.05, 0.1) is 6.10 Å². The van der Waals surface area contributed by atoms with Gasteiger partial charge in [-0.25, -0.2) is 4.79 Å². The van der Waals surface area contributed by atoms with E-state index in [0.29, 0.717) is 12.3 Å². The fourth-order valence-electron chi connectivity index (χ4n) is 2.24. The Morgan fingerprint density at radius 3 is 3.08 bits per heavy atom. The fraction of sp³-hybridized carbons (Fsp3) is 0.700. The van der Waals surface area contributed by atoms with E-state index in [1.807, 2.05) is 6.92 Å². The van der Waals surface area contributed by atoms with Crippen molar-refractivity contribution in [3.63, 3.8) is 0 Å². The smallest absolute Gasteiger partial charge is 0.330 e. The molecule has 3 heteroatoms. The first-order chi connectivity index (χ1) is 6.16. The van der Waals surface area contributed by atoms with E-state index in [1.165, 1.54) is 0 Å². The minimum Gasteiger partial charge on any atom is -0.458 e. The molecule has 0 aromatic rings. The highest BCUT2D eigenvalue weighted by molar-refractivity contribution is 5.84. The number of aliphatic hydroxyl groups excluding tert-OH is 1. The number of hydrogen-bond acceptors (Lipinski definition) is 3. The summed E-state index contributed by atoms with van der Waals surface area (Å²) in [5.74, 6) is 0.0916. The second-order valence-electron chi connectivity index (χ2n) is 3.94. The normalized spacial score (nSPS) is 39.1. The van der Waals surface area contributed by atoms with Crippen molar-refractivity contribution in [1.29, 1.82) is 0 Å². The maximum absolute atomic E-state index is 11.1. The summed E-state index contributed by atoms with van der Waals surface area (Å²) >= 11 is 0. The van der Waals surface area contributed by atoms with Gasteiger partial charge in [-0.15, -0.1) is 0 Å². The molecule has 72 valence electrons. The molecule has 1 aliphatic carbocycles. The van der Waals surface area contributed by atoms with Crippen LogP contribution in [0.4, 0.5) is 0 Å². The molecule has 0 aromatic carbocycles. The van der Waals surface area contributed by atoms with E-state index in [2.05, 4.69) is 0 Å². The first kappa shape index (κ1) is 8.75. The molecule has 2 aliphatic rings. The molecular formula is C10H14O3. The Balaban J connectivity index is 2.17. The maximum atomic E-state index is 11.1. The van der Waals surface area contributed by atoms with Gasteiger partial charge in [-0.2, -0.15) is 0 Å². The monoisotopic (exact) mass is 182 g/mol. The fourth-order valence-corrected chi connectivity index (χ4v) is 2.24. The van der Waals surface area contributed by atoms with Crippen LogP contribution in [0, 0.1) is 5.92 Å². The van der Waals surface area contributed by atoms with Crippen molar-refractivity contribution in [2.45, 2.75) is 38.4 Å². The van der Waals surface area contributed by atoms with Crippen LogP contribution in [0.2, 0.25) is 0 Å². The second kappa shape index (κ2) is 3.14. The van der Waals surface area contributed by atoms with E-state index >= 15 is 0 Å². The van der Waals surface area contributed by atoms with Crippen LogP contribution in [-0.4, -0.2) is 23.3 Å². The summed E-state index contributed by atoms with van der Waals surface area (Å²) in [6, 6.07) is 0. The van der Waals surface area contributed by atoms with Gasteiger partial charge in [-0.3, -0.25) is 0 Å². The minimum absolute atomic E-state index is 0.0822. The SMILES string of the molecule is CC1=CC(=O)OC2CC(O)CCC12. The summed E-state index contributed by atoms with van der Waals surface area (Å²) in [5.41, 5.74) is 1.10. The number of aliphatic hydroxyl groups is 1. The summed E-state index contributed by atoms with van der Waals surface area (Å²) in [6.07, 6.45) is 3.55. The van der Waals surface area contributed by atoms with Crippen LogP contribution in [0.15, 0.2) is 11.6 Å². The van der Waals surface area contributed by atoms with Crippen LogP contribution >= 0.6 is 0 Å². The van der Waals surface area contributed by atoms with Gasteiger partial charge in [-0.05, 0) is 19.8 Å². The molecule has 0 aromatic heterocycles. The number of carbonyl (C=O) groups is 1. The van der Waals surface area contributed by atoms with Crippen LogP contribution < -0.4 is 0 Å². The first-order valence-corrected chi connectivity index (χ1v) is 4.73. The third-order valence-corrected chi connectivity index (χ3v) is 2.96. The van der Waals surface area contributed by atoms with E-state index < -0.39 is 0 Å². The van der Waals surface area contributed by atoms with Gasteiger partial charge in [0.25, 0.3) is 0 Å². The van der Waals surface area contributed by atoms with E-state index in [0.717, 1.165) is 18.4 Å². The predicted octanol–water partition coefficient (Wildman–Crippen LogP) is 1.02. The summed E-state index contributed by atoms with van der Waals surface area (Å²) in [7, 11) is 0. The van der Waals surface area contributed by atoms with Gasteiger partial charge < -0.3 is 9.84 Å². The Morgan fingerprint density at radius 1 is 1.54 bits per heavy atom. The molecule has 3 nitrogen and oxygen atoms in total. The molecule has 0 saturated heterocycles. The molecule has 3 unspecified atom stereocenters. The van der Waals surface area contributed by atoms with Gasteiger partial charge >= 0.3 is 5.97 Å². The molecular weight excluding hydrogens is 168 g/mol. The van der Waals surface area contributed by atoms with Gasteiger partial charge in [0, 0.05) is 18.4 Å². The Kier molecular flexibility index (Phi) is 2.12. The van der Waals surface area contributed by atoms with E-state index in [4.69, 9.17) is 4.74 Å². The minimum atomic E-state index is -0.292. The average molecular weight is 182 g/mol. The Labute approximate surface area is 77.4 Å². The zero-order valence-corrected chi connectivity index (χ0v) is 7.69. The van der Waals surface area contributed by atoms with Crippen molar-refractivity contribution in [3.05, 3.63) is 11.6 Å². The van der Waals surface area contributed by atoms with Crippen molar-refractivity contribution in [2.75, 3.05) is 0 Å².